The molecule has 2 nitrogen and oxygen atoms in total. The molecule has 0 amide bonds. The van der Waals surface area contributed by atoms with Crippen LogP contribution in [0.2, 0.25) is 0 Å². The highest BCUT2D eigenvalue weighted by molar-refractivity contribution is 8.14. The first kappa shape index (κ1) is 8.91. The van der Waals surface area contributed by atoms with Crippen molar-refractivity contribution in [3.05, 3.63) is 0 Å². The van der Waals surface area contributed by atoms with Crippen LogP contribution in [-0.2, 0) is 0 Å². The Bertz CT molecular complexity index is 163. The lowest BCUT2D eigenvalue weighted by atomic mass is 10.1. The summed E-state index contributed by atoms with van der Waals surface area (Å²) in [4.78, 5) is 4.41. The van der Waals surface area contributed by atoms with E-state index in [0.29, 0.717) is 0 Å². The van der Waals surface area contributed by atoms with Crippen molar-refractivity contribution < 1.29 is 0 Å². The van der Waals surface area contributed by atoms with Crippen LogP contribution in [0.3, 0.4) is 0 Å². The Labute approximate surface area is 72.9 Å². The highest BCUT2D eigenvalue weighted by atomic mass is 32.2. The molecule has 0 aromatic heterocycles. The Morgan fingerprint density at radius 3 is 2.82 bits per heavy atom. The minimum atomic E-state index is 0.247. The zero-order valence-corrected chi connectivity index (χ0v) is 8.29. The van der Waals surface area contributed by atoms with Gasteiger partial charge in [0, 0.05) is 17.8 Å². The fourth-order valence-electron chi connectivity index (χ4n) is 0.909. The maximum atomic E-state index is 4.41. The lowest BCUT2D eigenvalue weighted by molar-refractivity contribution is 0.536. The van der Waals surface area contributed by atoms with E-state index in [1.807, 2.05) is 11.8 Å². The van der Waals surface area contributed by atoms with Crippen molar-refractivity contribution in [1.29, 1.82) is 0 Å². The lowest BCUT2D eigenvalue weighted by Gasteiger charge is -2.15. The molecule has 1 heterocycles. The molecule has 1 N–H and O–H groups in total. The molecule has 1 fully saturated rings. The van der Waals surface area contributed by atoms with Crippen LogP contribution in [0.15, 0.2) is 4.99 Å². The van der Waals surface area contributed by atoms with Crippen LogP contribution >= 0.6 is 11.8 Å². The first-order valence-electron chi connectivity index (χ1n) is 4.09. The van der Waals surface area contributed by atoms with Crippen LogP contribution in [0.4, 0.5) is 0 Å². The standard InChI is InChI=1S/C8H16N2S/c1-4-5-9-7-10-8(2,3)6-11-7/h4-6H2,1-3H3,(H,9,10). The van der Waals surface area contributed by atoms with Crippen LogP contribution in [0.1, 0.15) is 27.2 Å². The van der Waals surface area contributed by atoms with Gasteiger partial charge in [0.2, 0.25) is 0 Å². The van der Waals surface area contributed by atoms with Crippen LogP contribution in [0.25, 0.3) is 0 Å². The average molecular weight is 172 g/mol. The van der Waals surface area contributed by atoms with Crippen molar-refractivity contribution >= 4 is 16.9 Å². The first-order chi connectivity index (χ1) is 5.14. The van der Waals surface area contributed by atoms with E-state index >= 15 is 0 Å². The van der Waals surface area contributed by atoms with E-state index in [1.54, 1.807) is 0 Å². The minimum Gasteiger partial charge on any atom is -0.359 e. The summed E-state index contributed by atoms with van der Waals surface area (Å²) in [6, 6.07) is 0. The van der Waals surface area contributed by atoms with Gasteiger partial charge in [0.05, 0.1) is 0 Å². The number of aliphatic imine (C=N–C) groups is 1. The van der Waals surface area contributed by atoms with Crippen molar-refractivity contribution in [2.24, 2.45) is 4.99 Å². The molecule has 0 unspecified atom stereocenters. The Morgan fingerprint density at radius 1 is 1.64 bits per heavy atom. The van der Waals surface area contributed by atoms with E-state index in [0.717, 1.165) is 23.9 Å². The molecule has 3 heteroatoms. The molecule has 0 spiro atoms. The second-order valence-electron chi connectivity index (χ2n) is 3.48. The van der Waals surface area contributed by atoms with Crippen LogP contribution < -0.4 is 5.32 Å². The fourth-order valence-corrected chi connectivity index (χ4v) is 2.01. The van der Waals surface area contributed by atoms with Gasteiger partial charge in [0.1, 0.15) is 0 Å². The highest BCUT2D eigenvalue weighted by Gasteiger charge is 2.26. The predicted octanol–water partition coefficient (Wildman–Crippen LogP) is 1.87. The number of nitrogens with one attached hydrogen (secondary N) is 1. The van der Waals surface area contributed by atoms with E-state index in [9.17, 15) is 0 Å². The number of hydrogen-bond donors (Lipinski definition) is 1. The molecule has 0 aromatic rings. The molecule has 11 heavy (non-hydrogen) atoms. The summed E-state index contributed by atoms with van der Waals surface area (Å²) in [6.07, 6.45) is 1.13. The Kier molecular flexibility index (Phi) is 2.82. The van der Waals surface area contributed by atoms with Gasteiger partial charge in [-0.1, -0.05) is 18.7 Å². The van der Waals surface area contributed by atoms with E-state index in [2.05, 4.69) is 31.1 Å². The smallest absolute Gasteiger partial charge is 0.157 e. The predicted molar refractivity (Wildman–Crippen MR) is 52.3 cm³/mol. The van der Waals surface area contributed by atoms with Gasteiger partial charge in [-0.05, 0) is 20.3 Å². The maximum absolute atomic E-state index is 4.41. The summed E-state index contributed by atoms with van der Waals surface area (Å²) in [7, 11) is 0. The van der Waals surface area contributed by atoms with E-state index < -0.39 is 0 Å². The molecule has 0 bridgehead atoms. The summed E-state index contributed by atoms with van der Waals surface area (Å²) in [6.45, 7) is 7.50. The van der Waals surface area contributed by atoms with Gasteiger partial charge in [-0.15, -0.1) is 0 Å². The third-order valence-corrected chi connectivity index (χ3v) is 2.86. The van der Waals surface area contributed by atoms with Crippen molar-refractivity contribution in [3.63, 3.8) is 0 Å². The first-order valence-corrected chi connectivity index (χ1v) is 5.08. The summed E-state index contributed by atoms with van der Waals surface area (Å²) >= 11 is 1.83. The molecule has 1 aliphatic heterocycles. The van der Waals surface area contributed by atoms with Crippen molar-refractivity contribution in [1.82, 2.24) is 5.32 Å². The van der Waals surface area contributed by atoms with Gasteiger partial charge >= 0.3 is 0 Å². The monoisotopic (exact) mass is 172 g/mol. The zero-order valence-electron chi connectivity index (χ0n) is 7.48. The van der Waals surface area contributed by atoms with Gasteiger partial charge in [0.25, 0.3) is 0 Å². The third-order valence-electron chi connectivity index (χ3n) is 1.49. The molecule has 1 aliphatic rings. The second kappa shape index (κ2) is 3.48. The summed E-state index contributed by atoms with van der Waals surface area (Å²) in [5.41, 5.74) is 0.247. The summed E-state index contributed by atoms with van der Waals surface area (Å²) in [5.74, 6) is 1.13. The number of nitrogens with zero attached hydrogens (tertiary/aromatic N) is 1. The van der Waals surface area contributed by atoms with Gasteiger partial charge in [0.15, 0.2) is 5.17 Å². The maximum Gasteiger partial charge on any atom is 0.157 e. The highest BCUT2D eigenvalue weighted by Crippen LogP contribution is 2.21. The molecular formula is C8H16N2S. The van der Waals surface area contributed by atoms with Crippen LogP contribution in [0.5, 0.6) is 0 Å². The van der Waals surface area contributed by atoms with Crippen LogP contribution in [0, 0.1) is 0 Å². The van der Waals surface area contributed by atoms with E-state index in [4.69, 9.17) is 0 Å². The fraction of sp³-hybridized carbons (Fsp3) is 0.875. The van der Waals surface area contributed by atoms with Crippen molar-refractivity contribution in [3.8, 4) is 0 Å². The molecule has 0 saturated carbocycles. The zero-order chi connectivity index (χ0) is 8.32. The molecular weight excluding hydrogens is 156 g/mol. The molecule has 0 atom stereocenters. The average Bonchev–Trinajstić information content (AvgIpc) is 2.26. The van der Waals surface area contributed by atoms with E-state index in [-0.39, 0.29) is 5.54 Å². The molecule has 0 radical (unpaired) electrons. The summed E-state index contributed by atoms with van der Waals surface area (Å²) in [5, 5.41) is 4.50. The lowest BCUT2D eigenvalue weighted by Crippen LogP contribution is -2.36. The Morgan fingerprint density at radius 2 is 2.36 bits per heavy atom. The Hall–Kier alpha value is -0.180. The molecule has 64 valence electrons. The number of hydrogen-bond acceptors (Lipinski definition) is 2. The molecule has 0 aliphatic carbocycles. The molecule has 1 rings (SSSR count). The Balaban J connectivity index is 2.41. The number of thioether (sulfide) groups is 1. The van der Waals surface area contributed by atoms with Gasteiger partial charge in [-0.2, -0.15) is 0 Å². The van der Waals surface area contributed by atoms with Crippen molar-refractivity contribution in [2.45, 2.75) is 32.7 Å². The molecule has 0 aromatic carbocycles. The quantitative estimate of drug-likeness (QED) is 0.687. The van der Waals surface area contributed by atoms with Crippen molar-refractivity contribution in [2.75, 3.05) is 12.3 Å². The van der Waals surface area contributed by atoms with E-state index in [1.165, 1.54) is 0 Å². The number of amidine groups is 1. The normalized spacial score (nSPS) is 25.5. The summed E-state index contributed by atoms with van der Waals surface area (Å²) < 4.78 is 0. The molecule has 1 saturated heterocycles. The number of rotatable bonds is 2. The minimum absolute atomic E-state index is 0.247. The van der Waals surface area contributed by atoms with Gasteiger partial charge in [-0.3, -0.25) is 4.99 Å². The van der Waals surface area contributed by atoms with Gasteiger partial charge < -0.3 is 5.32 Å². The SMILES string of the molecule is CCCN=C1NC(C)(C)CS1. The third kappa shape index (κ3) is 2.73. The topological polar surface area (TPSA) is 24.4 Å². The van der Waals surface area contributed by atoms with Gasteiger partial charge in [-0.25, -0.2) is 0 Å². The second-order valence-corrected chi connectivity index (χ2v) is 4.45. The largest absolute Gasteiger partial charge is 0.359 e. The van der Waals surface area contributed by atoms with Crippen LogP contribution in [-0.4, -0.2) is 23.0 Å².